The second kappa shape index (κ2) is 5.61. The molecule has 0 bridgehead atoms. The summed E-state index contributed by atoms with van der Waals surface area (Å²) in [6.45, 7) is 0. The van der Waals surface area contributed by atoms with Crippen molar-refractivity contribution in [3.8, 4) is 0 Å². The van der Waals surface area contributed by atoms with Crippen LogP contribution in [-0.2, 0) is 10.0 Å². The summed E-state index contributed by atoms with van der Waals surface area (Å²) in [5.74, 6) is 0. The molecule has 0 amide bonds. The molecule has 1 N–H and O–H groups in total. The van der Waals surface area contributed by atoms with Gasteiger partial charge in [-0.25, -0.2) is 13.1 Å². The van der Waals surface area contributed by atoms with Gasteiger partial charge >= 0.3 is 0 Å². The Labute approximate surface area is 125 Å². The second-order valence-electron chi connectivity index (χ2n) is 4.66. The maximum atomic E-state index is 12.4. The van der Waals surface area contributed by atoms with E-state index in [9.17, 15) is 8.42 Å². The zero-order valence-corrected chi connectivity index (χ0v) is 13.8. The molecule has 18 heavy (non-hydrogen) atoms. The van der Waals surface area contributed by atoms with Gasteiger partial charge in [-0.3, -0.25) is 0 Å². The number of alkyl halides is 1. The third-order valence-electron chi connectivity index (χ3n) is 3.29. The van der Waals surface area contributed by atoms with Gasteiger partial charge in [0, 0.05) is 15.3 Å². The zero-order valence-electron chi connectivity index (χ0n) is 9.83. The number of nitrogens with one attached hydrogen (secondary N) is 1. The average molecular weight is 397 g/mol. The van der Waals surface area contributed by atoms with Crippen LogP contribution in [0.15, 0.2) is 33.6 Å². The highest BCUT2D eigenvalue weighted by Crippen LogP contribution is 2.33. The standard InChI is InChI=1S/C12H15Br2NO2S/c13-9-12(7-3-4-8-12)15-18(16,17)11-6-2-1-5-10(11)14/h1-2,5-6,15H,3-4,7-9H2. The second-order valence-corrected chi connectivity index (χ2v) is 7.72. The number of sulfonamides is 1. The minimum absolute atomic E-state index is 0.303. The molecular weight excluding hydrogens is 382 g/mol. The summed E-state index contributed by atoms with van der Waals surface area (Å²) in [5, 5.41) is 0.656. The molecule has 0 aliphatic heterocycles. The first-order valence-corrected chi connectivity index (χ1v) is 9.23. The number of benzene rings is 1. The van der Waals surface area contributed by atoms with Gasteiger partial charge in [0.1, 0.15) is 0 Å². The molecule has 1 fully saturated rings. The predicted molar refractivity (Wildman–Crippen MR) is 79.5 cm³/mol. The van der Waals surface area contributed by atoms with Gasteiger partial charge in [-0.15, -0.1) is 0 Å². The Hall–Kier alpha value is 0.0900. The molecule has 3 nitrogen and oxygen atoms in total. The van der Waals surface area contributed by atoms with Crippen LogP contribution in [0.2, 0.25) is 0 Å². The van der Waals surface area contributed by atoms with Crippen LogP contribution >= 0.6 is 31.9 Å². The Bertz CT molecular complexity index is 525. The molecule has 0 radical (unpaired) electrons. The van der Waals surface area contributed by atoms with Crippen molar-refractivity contribution in [3.63, 3.8) is 0 Å². The predicted octanol–water partition coefficient (Wildman–Crippen LogP) is 3.44. The van der Waals surface area contributed by atoms with Gasteiger partial charge < -0.3 is 0 Å². The van der Waals surface area contributed by atoms with Gasteiger partial charge in [-0.2, -0.15) is 0 Å². The molecule has 0 heterocycles. The number of rotatable bonds is 4. The topological polar surface area (TPSA) is 46.2 Å². The SMILES string of the molecule is O=S(=O)(NC1(CBr)CCCC1)c1ccccc1Br. The summed E-state index contributed by atoms with van der Waals surface area (Å²) < 4.78 is 28.3. The summed E-state index contributed by atoms with van der Waals surface area (Å²) in [4.78, 5) is 0.303. The van der Waals surface area contributed by atoms with Crippen molar-refractivity contribution in [2.75, 3.05) is 5.33 Å². The highest BCUT2D eigenvalue weighted by atomic mass is 79.9. The molecule has 0 aromatic heterocycles. The average Bonchev–Trinajstić information content (AvgIpc) is 2.78. The molecular formula is C12H15Br2NO2S. The minimum atomic E-state index is -3.47. The highest BCUT2D eigenvalue weighted by molar-refractivity contribution is 9.10. The molecule has 2 rings (SSSR count). The molecule has 1 saturated carbocycles. The summed E-state index contributed by atoms with van der Waals surface area (Å²) in [6, 6.07) is 6.89. The molecule has 1 aromatic rings. The maximum Gasteiger partial charge on any atom is 0.242 e. The van der Waals surface area contributed by atoms with Gasteiger partial charge in [0.15, 0.2) is 0 Å². The van der Waals surface area contributed by atoms with Crippen LogP contribution < -0.4 is 4.72 Å². The minimum Gasteiger partial charge on any atom is -0.207 e. The Morgan fingerprint density at radius 2 is 1.83 bits per heavy atom. The van der Waals surface area contributed by atoms with Crippen LogP contribution in [0.1, 0.15) is 25.7 Å². The molecule has 1 aromatic carbocycles. The third kappa shape index (κ3) is 2.98. The van der Waals surface area contributed by atoms with Crippen LogP contribution in [0.5, 0.6) is 0 Å². The van der Waals surface area contributed by atoms with Gasteiger partial charge in [0.05, 0.1) is 4.90 Å². The largest absolute Gasteiger partial charge is 0.242 e. The van der Waals surface area contributed by atoms with Gasteiger partial charge in [0.2, 0.25) is 10.0 Å². The van der Waals surface area contributed by atoms with Crippen LogP contribution in [0.25, 0.3) is 0 Å². The van der Waals surface area contributed by atoms with E-state index in [1.165, 1.54) is 0 Å². The lowest BCUT2D eigenvalue weighted by Gasteiger charge is -2.27. The molecule has 1 aliphatic carbocycles. The first-order valence-electron chi connectivity index (χ1n) is 5.84. The van der Waals surface area contributed by atoms with E-state index in [2.05, 4.69) is 36.6 Å². The van der Waals surface area contributed by atoms with E-state index in [0.717, 1.165) is 25.7 Å². The number of hydrogen-bond donors (Lipinski definition) is 1. The summed E-state index contributed by atoms with van der Waals surface area (Å²) >= 11 is 6.73. The number of hydrogen-bond acceptors (Lipinski definition) is 2. The lowest BCUT2D eigenvalue weighted by molar-refractivity contribution is 0.438. The molecule has 0 unspecified atom stereocenters. The highest BCUT2D eigenvalue weighted by Gasteiger charge is 2.37. The van der Waals surface area contributed by atoms with E-state index in [-0.39, 0.29) is 5.54 Å². The fourth-order valence-corrected chi connectivity index (χ4v) is 5.67. The van der Waals surface area contributed by atoms with Crippen molar-refractivity contribution in [2.45, 2.75) is 36.1 Å². The van der Waals surface area contributed by atoms with Gasteiger partial charge in [0.25, 0.3) is 0 Å². The molecule has 0 atom stereocenters. The van der Waals surface area contributed by atoms with Crippen molar-refractivity contribution in [3.05, 3.63) is 28.7 Å². The number of halogens is 2. The lowest BCUT2D eigenvalue weighted by Crippen LogP contribution is -2.47. The first-order chi connectivity index (χ1) is 8.49. The third-order valence-corrected chi connectivity index (χ3v) is 6.96. The van der Waals surface area contributed by atoms with Crippen LogP contribution in [0.4, 0.5) is 0 Å². The van der Waals surface area contributed by atoms with Crippen molar-refractivity contribution >= 4 is 41.9 Å². The quantitative estimate of drug-likeness (QED) is 0.792. The summed E-state index contributed by atoms with van der Waals surface area (Å²) in [5.41, 5.74) is -0.325. The fourth-order valence-electron chi connectivity index (χ4n) is 2.32. The smallest absolute Gasteiger partial charge is 0.207 e. The summed E-state index contributed by atoms with van der Waals surface area (Å²) in [6.07, 6.45) is 3.93. The maximum absolute atomic E-state index is 12.4. The Balaban J connectivity index is 2.30. The monoisotopic (exact) mass is 395 g/mol. The fraction of sp³-hybridized carbons (Fsp3) is 0.500. The van der Waals surface area contributed by atoms with E-state index >= 15 is 0 Å². The normalized spacial score (nSPS) is 19.0. The zero-order chi connectivity index (χ0) is 13.2. The van der Waals surface area contributed by atoms with E-state index in [4.69, 9.17) is 0 Å². The lowest BCUT2D eigenvalue weighted by atomic mass is 10.0. The van der Waals surface area contributed by atoms with E-state index < -0.39 is 10.0 Å². The van der Waals surface area contributed by atoms with Crippen LogP contribution in [0.3, 0.4) is 0 Å². The van der Waals surface area contributed by atoms with E-state index in [1.54, 1.807) is 24.3 Å². The molecule has 0 saturated heterocycles. The van der Waals surface area contributed by atoms with Crippen molar-refractivity contribution in [1.29, 1.82) is 0 Å². The molecule has 1 aliphatic rings. The van der Waals surface area contributed by atoms with Crippen molar-refractivity contribution in [1.82, 2.24) is 4.72 Å². The molecule has 100 valence electrons. The van der Waals surface area contributed by atoms with Crippen molar-refractivity contribution in [2.24, 2.45) is 0 Å². The summed E-state index contributed by atoms with van der Waals surface area (Å²) in [7, 11) is -3.47. The Kier molecular flexibility index (Phi) is 4.52. The van der Waals surface area contributed by atoms with E-state index in [0.29, 0.717) is 14.7 Å². The molecule has 6 heteroatoms. The van der Waals surface area contributed by atoms with Gasteiger partial charge in [-0.1, -0.05) is 40.9 Å². The van der Waals surface area contributed by atoms with E-state index in [1.807, 2.05) is 0 Å². The first kappa shape index (κ1) is 14.5. The molecule has 0 spiro atoms. The van der Waals surface area contributed by atoms with Crippen molar-refractivity contribution < 1.29 is 8.42 Å². The van der Waals surface area contributed by atoms with Gasteiger partial charge in [-0.05, 0) is 40.9 Å². The van der Waals surface area contributed by atoms with Crippen LogP contribution in [-0.4, -0.2) is 19.3 Å². The Morgan fingerprint density at radius 3 is 2.39 bits per heavy atom. The van der Waals surface area contributed by atoms with Crippen LogP contribution in [0, 0.1) is 0 Å². The Morgan fingerprint density at radius 1 is 1.22 bits per heavy atom.